The molecule has 0 aromatic heterocycles. The van der Waals surface area contributed by atoms with Gasteiger partial charge in [0, 0.05) is 33.2 Å². The number of hydrogen-bond acceptors (Lipinski definition) is 4. The maximum atomic E-state index is 12.0. The first kappa shape index (κ1) is 26.5. The SMILES string of the molecule is CCN1CCCC1CNC(=NCC(=O)N(C)C)NCCc1cc(C)ccc1OC.I. The first-order valence-electron chi connectivity index (χ1n) is 10.5. The summed E-state index contributed by atoms with van der Waals surface area (Å²) in [6.07, 6.45) is 3.26. The first-order chi connectivity index (χ1) is 13.9. The van der Waals surface area contributed by atoms with Crippen LogP contribution >= 0.6 is 24.0 Å². The lowest BCUT2D eigenvalue weighted by atomic mass is 10.1. The fourth-order valence-electron chi connectivity index (χ4n) is 3.64. The Kier molecular flexibility index (Phi) is 12.1. The van der Waals surface area contributed by atoms with Gasteiger partial charge in [0.25, 0.3) is 0 Å². The zero-order valence-electron chi connectivity index (χ0n) is 19.0. The van der Waals surface area contributed by atoms with Crippen molar-refractivity contribution in [1.82, 2.24) is 20.4 Å². The number of aryl methyl sites for hydroxylation is 1. The molecule has 1 aromatic rings. The third-order valence-electron chi connectivity index (χ3n) is 5.40. The summed E-state index contributed by atoms with van der Waals surface area (Å²) in [5.74, 6) is 1.58. The van der Waals surface area contributed by atoms with Crippen LogP contribution in [0.2, 0.25) is 0 Å². The summed E-state index contributed by atoms with van der Waals surface area (Å²) >= 11 is 0. The van der Waals surface area contributed by atoms with E-state index in [1.165, 1.54) is 18.4 Å². The van der Waals surface area contributed by atoms with Crippen LogP contribution in [0.3, 0.4) is 0 Å². The summed E-state index contributed by atoms with van der Waals surface area (Å²) in [6, 6.07) is 6.73. The number of nitrogens with one attached hydrogen (secondary N) is 2. The van der Waals surface area contributed by atoms with Crippen LogP contribution in [0, 0.1) is 6.92 Å². The van der Waals surface area contributed by atoms with E-state index in [0.29, 0.717) is 18.5 Å². The normalized spacial score (nSPS) is 16.7. The van der Waals surface area contributed by atoms with Crippen molar-refractivity contribution < 1.29 is 9.53 Å². The molecular weight excluding hydrogens is 493 g/mol. The number of guanidine groups is 1. The molecule has 8 heteroatoms. The minimum atomic E-state index is -0.0116. The Hall–Kier alpha value is -1.55. The Morgan fingerprint density at radius 3 is 2.77 bits per heavy atom. The highest BCUT2D eigenvalue weighted by atomic mass is 127. The highest BCUT2D eigenvalue weighted by molar-refractivity contribution is 14.0. The van der Waals surface area contributed by atoms with Gasteiger partial charge in [-0.05, 0) is 50.9 Å². The third kappa shape index (κ3) is 8.29. The molecule has 1 heterocycles. The van der Waals surface area contributed by atoms with Crippen LogP contribution in [0.25, 0.3) is 0 Å². The summed E-state index contributed by atoms with van der Waals surface area (Å²) in [4.78, 5) is 20.5. The van der Waals surface area contributed by atoms with Crippen LogP contribution in [0.1, 0.15) is 30.9 Å². The lowest BCUT2D eigenvalue weighted by molar-refractivity contribution is -0.127. The van der Waals surface area contributed by atoms with E-state index in [-0.39, 0.29) is 36.4 Å². The van der Waals surface area contributed by atoms with Crippen molar-refractivity contribution in [3.63, 3.8) is 0 Å². The maximum Gasteiger partial charge on any atom is 0.243 e. The molecular formula is C22H38IN5O2. The number of nitrogens with zero attached hydrogens (tertiary/aromatic N) is 3. The van der Waals surface area contributed by atoms with Crippen molar-refractivity contribution in [1.29, 1.82) is 0 Å². The molecule has 1 aliphatic rings. The second-order valence-corrected chi connectivity index (χ2v) is 7.75. The van der Waals surface area contributed by atoms with Crippen molar-refractivity contribution in [2.24, 2.45) is 4.99 Å². The van der Waals surface area contributed by atoms with Crippen LogP contribution in [0.4, 0.5) is 0 Å². The van der Waals surface area contributed by atoms with E-state index in [1.807, 2.05) is 6.07 Å². The van der Waals surface area contributed by atoms with E-state index in [2.05, 4.69) is 46.5 Å². The summed E-state index contributed by atoms with van der Waals surface area (Å²) < 4.78 is 5.47. The molecule has 0 spiro atoms. The number of likely N-dealkylation sites (tertiary alicyclic amines) is 1. The van der Waals surface area contributed by atoms with Crippen molar-refractivity contribution in [2.75, 3.05) is 53.9 Å². The summed E-state index contributed by atoms with van der Waals surface area (Å²) in [5.41, 5.74) is 2.38. The molecule has 1 aliphatic heterocycles. The van der Waals surface area contributed by atoms with Crippen molar-refractivity contribution >= 4 is 35.8 Å². The van der Waals surface area contributed by atoms with Crippen molar-refractivity contribution in [3.05, 3.63) is 29.3 Å². The van der Waals surface area contributed by atoms with E-state index in [0.717, 1.165) is 37.4 Å². The van der Waals surface area contributed by atoms with E-state index < -0.39 is 0 Å². The van der Waals surface area contributed by atoms with Crippen molar-refractivity contribution in [2.45, 2.75) is 39.2 Å². The van der Waals surface area contributed by atoms with Gasteiger partial charge in [-0.15, -0.1) is 24.0 Å². The summed E-state index contributed by atoms with van der Waals surface area (Å²) in [7, 11) is 5.20. The van der Waals surface area contributed by atoms with Crippen LogP contribution in [0.5, 0.6) is 5.75 Å². The van der Waals surface area contributed by atoms with Gasteiger partial charge < -0.3 is 20.3 Å². The largest absolute Gasteiger partial charge is 0.496 e. The molecule has 0 radical (unpaired) electrons. The number of carbonyl (C=O) groups is 1. The van der Waals surface area contributed by atoms with Gasteiger partial charge in [-0.2, -0.15) is 0 Å². The van der Waals surface area contributed by atoms with E-state index >= 15 is 0 Å². The van der Waals surface area contributed by atoms with Gasteiger partial charge in [-0.25, -0.2) is 4.99 Å². The molecule has 30 heavy (non-hydrogen) atoms. The molecule has 1 amide bonds. The zero-order chi connectivity index (χ0) is 21.2. The Balaban J connectivity index is 0.00000450. The summed E-state index contributed by atoms with van der Waals surface area (Å²) in [5, 5.41) is 6.83. The highest BCUT2D eigenvalue weighted by Crippen LogP contribution is 2.19. The number of amides is 1. The van der Waals surface area contributed by atoms with Gasteiger partial charge >= 0.3 is 0 Å². The van der Waals surface area contributed by atoms with Gasteiger partial charge in [-0.1, -0.05) is 24.6 Å². The quantitative estimate of drug-likeness (QED) is 0.291. The molecule has 0 bridgehead atoms. The molecule has 2 rings (SSSR count). The van der Waals surface area contributed by atoms with E-state index in [4.69, 9.17) is 4.74 Å². The molecule has 1 aromatic carbocycles. The molecule has 0 saturated carbocycles. The predicted molar refractivity (Wildman–Crippen MR) is 134 cm³/mol. The second kappa shape index (κ2) is 13.7. The average molecular weight is 531 g/mol. The zero-order valence-corrected chi connectivity index (χ0v) is 21.4. The molecule has 170 valence electrons. The average Bonchev–Trinajstić information content (AvgIpc) is 3.17. The number of likely N-dealkylation sites (N-methyl/N-ethyl adjacent to an activating group) is 2. The van der Waals surface area contributed by atoms with Gasteiger partial charge in [0.1, 0.15) is 12.3 Å². The lowest BCUT2D eigenvalue weighted by Gasteiger charge is -2.24. The molecule has 2 N–H and O–H groups in total. The molecule has 1 atom stereocenters. The molecule has 1 fully saturated rings. The van der Waals surface area contributed by atoms with Crippen molar-refractivity contribution in [3.8, 4) is 5.75 Å². The van der Waals surface area contributed by atoms with E-state index in [1.54, 1.807) is 26.1 Å². The number of rotatable bonds is 9. The first-order valence-corrected chi connectivity index (χ1v) is 10.5. The number of methoxy groups -OCH3 is 1. The van der Waals surface area contributed by atoms with Crippen LogP contribution in [-0.2, 0) is 11.2 Å². The minimum absolute atomic E-state index is 0. The third-order valence-corrected chi connectivity index (χ3v) is 5.40. The van der Waals surface area contributed by atoms with Crippen LogP contribution < -0.4 is 15.4 Å². The number of carbonyl (C=O) groups excluding carboxylic acids is 1. The van der Waals surface area contributed by atoms with E-state index in [9.17, 15) is 4.79 Å². The molecule has 1 unspecified atom stereocenters. The van der Waals surface area contributed by atoms with Crippen LogP contribution in [-0.4, -0.2) is 81.6 Å². The second-order valence-electron chi connectivity index (χ2n) is 7.75. The molecule has 0 aliphatic carbocycles. The molecule has 7 nitrogen and oxygen atoms in total. The van der Waals surface area contributed by atoms with Gasteiger partial charge in [0.15, 0.2) is 5.96 Å². The summed E-state index contributed by atoms with van der Waals surface area (Å²) in [6.45, 7) is 8.20. The smallest absolute Gasteiger partial charge is 0.243 e. The number of hydrogen-bond donors (Lipinski definition) is 2. The Labute approximate surface area is 198 Å². The highest BCUT2D eigenvalue weighted by Gasteiger charge is 2.22. The number of halogens is 1. The van der Waals surface area contributed by atoms with Gasteiger partial charge in [0.05, 0.1) is 7.11 Å². The minimum Gasteiger partial charge on any atom is -0.496 e. The molecule has 1 saturated heterocycles. The number of ether oxygens (including phenoxy) is 1. The fraction of sp³-hybridized carbons (Fsp3) is 0.636. The Bertz CT molecular complexity index is 696. The Morgan fingerprint density at radius 2 is 2.10 bits per heavy atom. The standard InChI is InChI=1S/C22H37N5O2.HI/c1-6-27-13-7-8-19(27)15-24-22(25-16-21(28)26(3)4)23-12-11-18-14-17(2)9-10-20(18)29-5;/h9-10,14,19H,6-8,11-13,15-16H2,1-5H3,(H2,23,24,25);1H. The van der Waals surface area contributed by atoms with Gasteiger partial charge in [-0.3, -0.25) is 9.69 Å². The monoisotopic (exact) mass is 531 g/mol. The lowest BCUT2D eigenvalue weighted by Crippen LogP contribution is -2.45. The topological polar surface area (TPSA) is 69.2 Å². The number of benzene rings is 1. The maximum absolute atomic E-state index is 12.0. The van der Waals surface area contributed by atoms with Gasteiger partial charge in [0.2, 0.25) is 5.91 Å². The number of aliphatic imine (C=N–C) groups is 1. The predicted octanol–water partition coefficient (Wildman–Crippen LogP) is 2.27. The fourth-order valence-corrected chi connectivity index (χ4v) is 3.64. The van der Waals surface area contributed by atoms with Crippen LogP contribution in [0.15, 0.2) is 23.2 Å². The Morgan fingerprint density at radius 1 is 1.33 bits per heavy atom.